The van der Waals surface area contributed by atoms with Crippen LogP contribution in [0.5, 0.6) is 5.75 Å². The van der Waals surface area contributed by atoms with E-state index < -0.39 is 0 Å². The van der Waals surface area contributed by atoms with Crippen molar-refractivity contribution in [2.24, 2.45) is 5.73 Å². The zero-order valence-electron chi connectivity index (χ0n) is 11.1. The third kappa shape index (κ3) is 3.19. The van der Waals surface area contributed by atoms with E-state index in [-0.39, 0.29) is 6.04 Å². The van der Waals surface area contributed by atoms with Gasteiger partial charge in [0.25, 0.3) is 0 Å². The molecule has 0 saturated carbocycles. The third-order valence-electron chi connectivity index (χ3n) is 3.15. The van der Waals surface area contributed by atoms with E-state index in [0.29, 0.717) is 5.02 Å². The van der Waals surface area contributed by atoms with Crippen molar-refractivity contribution in [2.75, 3.05) is 7.11 Å². The largest absolute Gasteiger partial charge is 0.496 e. The molecule has 0 bridgehead atoms. The van der Waals surface area contributed by atoms with Crippen molar-refractivity contribution in [1.29, 1.82) is 0 Å². The van der Waals surface area contributed by atoms with Crippen LogP contribution in [0.4, 0.5) is 0 Å². The van der Waals surface area contributed by atoms with Crippen LogP contribution in [-0.4, -0.2) is 7.11 Å². The van der Waals surface area contributed by atoms with Gasteiger partial charge in [-0.1, -0.05) is 33.6 Å². The molecule has 2 N–H and O–H groups in total. The highest BCUT2D eigenvalue weighted by Crippen LogP contribution is 2.35. The Balaban J connectivity index is 2.49. The molecule has 106 valence electrons. The zero-order chi connectivity index (χ0) is 14.9. The van der Waals surface area contributed by atoms with Gasteiger partial charge in [-0.3, -0.25) is 0 Å². The summed E-state index contributed by atoms with van der Waals surface area (Å²) in [5, 5.41) is 0.665. The highest BCUT2D eigenvalue weighted by Gasteiger charge is 2.16. The van der Waals surface area contributed by atoms with Crippen LogP contribution in [0, 0.1) is 6.92 Å². The van der Waals surface area contributed by atoms with Crippen LogP contribution < -0.4 is 10.5 Å². The van der Waals surface area contributed by atoms with Gasteiger partial charge >= 0.3 is 0 Å². The molecule has 0 aromatic heterocycles. The van der Waals surface area contributed by atoms with Crippen molar-refractivity contribution in [1.82, 2.24) is 0 Å². The van der Waals surface area contributed by atoms with Crippen molar-refractivity contribution in [3.63, 3.8) is 0 Å². The second kappa shape index (κ2) is 6.48. The maximum Gasteiger partial charge on any atom is 0.124 e. The lowest BCUT2D eigenvalue weighted by Gasteiger charge is -2.18. The smallest absolute Gasteiger partial charge is 0.124 e. The van der Waals surface area contributed by atoms with Crippen LogP contribution in [0.25, 0.3) is 0 Å². The van der Waals surface area contributed by atoms with E-state index in [0.717, 1.165) is 31.4 Å². The first-order valence-corrected chi connectivity index (χ1v) is 7.95. The summed E-state index contributed by atoms with van der Waals surface area (Å²) in [6, 6.07) is 9.38. The Bertz CT molecular complexity index is 646. The number of hydrogen-bond donors (Lipinski definition) is 1. The van der Waals surface area contributed by atoms with Gasteiger partial charge in [0.05, 0.1) is 18.2 Å². The number of aryl methyl sites for hydroxylation is 1. The molecule has 20 heavy (non-hydrogen) atoms. The number of halogens is 3. The van der Waals surface area contributed by atoms with E-state index in [4.69, 9.17) is 22.1 Å². The van der Waals surface area contributed by atoms with Crippen LogP contribution in [0.15, 0.2) is 39.3 Å². The van der Waals surface area contributed by atoms with Crippen LogP contribution in [0.2, 0.25) is 5.02 Å². The number of methoxy groups -OCH3 is 1. The molecule has 0 fully saturated rings. The molecule has 0 aliphatic carbocycles. The van der Waals surface area contributed by atoms with Crippen molar-refractivity contribution < 1.29 is 4.74 Å². The van der Waals surface area contributed by atoms with Crippen LogP contribution in [0.3, 0.4) is 0 Å². The zero-order valence-corrected chi connectivity index (χ0v) is 15.0. The highest BCUT2D eigenvalue weighted by atomic mass is 79.9. The van der Waals surface area contributed by atoms with E-state index in [1.807, 2.05) is 37.3 Å². The summed E-state index contributed by atoms with van der Waals surface area (Å²) >= 11 is 13.0. The molecule has 0 aliphatic rings. The molecule has 0 aliphatic heterocycles. The second-order valence-corrected chi connectivity index (χ2v) is 6.61. The maximum atomic E-state index is 6.37. The lowest BCUT2D eigenvalue weighted by atomic mass is 9.98. The third-order valence-corrected chi connectivity index (χ3v) is 5.22. The van der Waals surface area contributed by atoms with Crippen molar-refractivity contribution in [2.45, 2.75) is 13.0 Å². The second-order valence-electron chi connectivity index (χ2n) is 4.49. The molecule has 0 radical (unpaired) electrons. The summed E-state index contributed by atoms with van der Waals surface area (Å²) in [4.78, 5) is 0. The monoisotopic (exact) mass is 417 g/mol. The molecule has 2 aromatic carbocycles. The molecular formula is C15H14Br2ClNO. The van der Waals surface area contributed by atoms with Crippen LogP contribution in [0.1, 0.15) is 22.7 Å². The molecule has 0 spiro atoms. The molecular weight excluding hydrogens is 405 g/mol. The van der Waals surface area contributed by atoms with E-state index >= 15 is 0 Å². The SMILES string of the molecule is COc1cc(C)c(Br)cc1C(N)c1ccc(Cl)c(Br)c1. The van der Waals surface area contributed by atoms with E-state index in [1.54, 1.807) is 7.11 Å². The van der Waals surface area contributed by atoms with E-state index in [2.05, 4.69) is 31.9 Å². The minimum absolute atomic E-state index is 0.282. The fraction of sp³-hybridized carbons (Fsp3) is 0.200. The number of hydrogen-bond acceptors (Lipinski definition) is 2. The first-order valence-electron chi connectivity index (χ1n) is 5.98. The first kappa shape index (κ1) is 15.8. The Hall–Kier alpha value is -0.550. The lowest BCUT2D eigenvalue weighted by molar-refractivity contribution is 0.407. The predicted octanol–water partition coefficient (Wildman–Crippen LogP) is 5.23. The first-order chi connectivity index (χ1) is 9.43. The maximum absolute atomic E-state index is 6.37. The summed E-state index contributed by atoms with van der Waals surface area (Å²) in [5.41, 5.74) is 9.37. The highest BCUT2D eigenvalue weighted by molar-refractivity contribution is 9.10. The topological polar surface area (TPSA) is 35.2 Å². The fourth-order valence-corrected chi connectivity index (χ4v) is 2.85. The fourth-order valence-electron chi connectivity index (χ4n) is 1.98. The molecule has 1 atom stereocenters. The Morgan fingerprint density at radius 2 is 1.85 bits per heavy atom. The van der Waals surface area contributed by atoms with Gasteiger partial charge in [0.15, 0.2) is 0 Å². The van der Waals surface area contributed by atoms with Gasteiger partial charge in [-0.15, -0.1) is 0 Å². The minimum atomic E-state index is -0.282. The van der Waals surface area contributed by atoms with Crippen molar-refractivity contribution in [3.8, 4) is 5.75 Å². The van der Waals surface area contributed by atoms with Crippen LogP contribution >= 0.6 is 43.5 Å². The Labute approximate surface area is 140 Å². The van der Waals surface area contributed by atoms with Gasteiger partial charge in [-0.05, 0) is 58.2 Å². The summed E-state index contributed by atoms with van der Waals surface area (Å²) in [6.07, 6.45) is 0. The normalized spacial score (nSPS) is 12.3. The van der Waals surface area contributed by atoms with E-state index in [9.17, 15) is 0 Å². The summed E-state index contributed by atoms with van der Waals surface area (Å²) < 4.78 is 7.28. The number of ether oxygens (including phenoxy) is 1. The molecule has 1 unspecified atom stereocenters. The molecule has 5 heteroatoms. The van der Waals surface area contributed by atoms with Crippen LogP contribution in [-0.2, 0) is 0 Å². The number of nitrogens with two attached hydrogens (primary N) is 1. The number of benzene rings is 2. The van der Waals surface area contributed by atoms with Crippen molar-refractivity contribution in [3.05, 3.63) is 61.0 Å². The average Bonchev–Trinajstić information content (AvgIpc) is 2.43. The van der Waals surface area contributed by atoms with Gasteiger partial charge in [0.1, 0.15) is 5.75 Å². The quantitative estimate of drug-likeness (QED) is 0.739. The van der Waals surface area contributed by atoms with Gasteiger partial charge in [0.2, 0.25) is 0 Å². The average molecular weight is 420 g/mol. The Kier molecular flexibility index (Phi) is 5.13. The van der Waals surface area contributed by atoms with Gasteiger partial charge in [-0.25, -0.2) is 0 Å². The molecule has 2 rings (SSSR count). The van der Waals surface area contributed by atoms with Gasteiger partial charge in [-0.2, -0.15) is 0 Å². The minimum Gasteiger partial charge on any atom is -0.496 e. The lowest BCUT2D eigenvalue weighted by Crippen LogP contribution is -2.13. The number of rotatable bonds is 3. The Morgan fingerprint density at radius 3 is 2.45 bits per heavy atom. The molecule has 2 nitrogen and oxygen atoms in total. The van der Waals surface area contributed by atoms with Gasteiger partial charge in [0, 0.05) is 14.5 Å². The summed E-state index contributed by atoms with van der Waals surface area (Å²) in [5.74, 6) is 0.782. The predicted molar refractivity (Wildman–Crippen MR) is 90.6 cm³/mol. The summed E-state index contributed by atoms with van der Waals surface area (Å²) in [7, 11) is 1.65. The molecule has 0 saturated heterocycles. The molecule has 2 aromatic rings. The Morgan fingerprint density at radius 1 is 1.15 bits per heavy atom. The summed E-state index contributed by atoms with van der Waals surface area (Å²) in [6.45, 7) is 2.01. The molecule has 0 amide bonds. The van der Waals surface area contributed by atoms with Crippen molar-refractivity contribution >= 4 is 43.5 Å². The molecule has 0 heterocycles. The van der Waals surface area contributed by atoms with E-state index in [1.165, 1.54) is 0 Å². The van der Waals surface area contributed by atoms with Gasteiger partial charge < -0.3 is 10.5 Å². The standard InChI is InChI=1S/C15H14Br2ClNO/c1-8-5-14(20-2)10(7-11(8)16)15(19)9-3-4-13(18)12(17)6-9/h3-7,15H,19H2,1-2H3.